The highest BCUT2D eigenvalue weighted by Crippen LogP contribution is 2.35. The van der Waals surface area contributed by atoms with Crippen molar-refractivity contribution in [2.24, 2.45) is 23.7 Å². The van der Waals surface area contributed by atoms with E-state index in [2.05, 4.69) is 33.0 Å². The molecule has 2 aliphatic rings. The summed E-state index contributed by atoms with van der Waals surface area (Å²) in [6.45, 7) is 9.66. The zero-order chi connectivity index (χ0) is 13.8. The first kappa shape index (κ1) is 15.4. The molecule has 0 saturated heterocycles. The highest BCUT2D eigenvalue weighted by Gasteiger charge is 2.32. The smallest absolute Gasteiger partial charge is 0.0103 e. The van der Waals surface area contributed by atoms with Gasteiger partial charge in [-0.25, -0.2) is 0 Å². The quantitative estimate of drug-likeness (QED) is 0.754. The molecule has 2 saturated carbocycles. The van der Waals surface area contributed by atoms with Crippen LogP contribution in [0.3, 0.4) is 0 Å². The molecule has 0 amide bonds. The van der Waals surface area contributed by atoms with Crippen LogP contribution in [0.15, 0.2) is 0 Å². The Labute approximate surface area is 120 Å². The molecule has 0 aromatic carbocycles. The SMILES string of the molecule is CCC1CCCC(NC2CC(C)CCC2C(C)C)C1. The van der Waals surface area contributed by atoms with E-state index < -0.39 is 0 Å². The molecule has 112 valence electrons. The summed E-state index contributed by atoms with van der Waals surface area (Å²) >= 11 is 0. The molecular weight excluding hydrogens is 230 g/mol. The van der Waals surface area contributed by atoms with Gasteiger partial charge in [-0.15, -0.1) is 0 Å². The van der Waals surface area contributed by atoms with Crippen molar-refractivity contribution < 1.29 is 0 Å². The van der Waals surface area contributed by atoms with Gasteiger partial charge in [-0.2, -0.15) is 0 Å². The first-order valence-corrected chi connectivity index (χ1v) is 8.86. The molecule has 0 bridgehead atoms. The maximum Gasteiger partial charge on any atom is 0.0103 e. The van der Waals surface area contributed by atoms with Gasteiger partial charge in [-0.1, -0.05) is 53.4 Å². The predicted octanol–water partition coefficient (Wildman–Crippen LogP) is 5.01. The summed E-state index contributed by atoms with van der Waals surface area (Å²) in [6.07, 6.45) is 11.5. The van der Waals surface area contributed by atoms with Crippen LogP contribution in [-0.2, 0) is 0 Å². The molecule has 0 aliphatic heterocycles. The van der Waals surface area contributed by atoms with Gasteiger partial charge in [0.15, 0.2) is 0 Å². The molecule has 19 heavy (non-hydrogen) atoms. The van der Waals surface area contributed by atoms with Gasteiger partial charge < -0.3 is 5.32 Å². The third-order valence-electron chi connectivity index (χ3n) is 5.83. The molecule has 0 aromatic rings. The zero-order valence-corrected chi connectivity index (χ0v) is 13.6. The molecule has 0 heterocycles. The lowest BCUT2D eigenvalue weighted by molar-refractivity contribution is 0.142. The van der Waals surface area contributed by atoms with Gasteiger partial charge in [0.25, 0.3) is 0 Å². The van der Waals surface area contributed by atoms with Crippen LogP contribution in [0.5, 0.6) is 0 Å². The van der Waals surface area contributed by atoms with Gasteiger partial charge >= 0.3 is 0 Å². The molecule has 1 nitrogen and oxygen atoms in total. The zero-order valence-electron chi connectivity index (χ0n) is 13.6. The van der Waals surface area contributed by atoms with Gasteiger partial charge in [0.1, 0.15) is 0 Å². The molecular formula is C18H35N. The van der Waals surface area contributed by atoms with Crippen LogP contribution in [0.4, 0.5) is 0 Å². The monoisotopic (exact) mass is 265 g/mol. The highest BCUT2D eigenvalue weighted by atomic mass is 15.0. The average molecular weight is 265 g/mol. The number of hydrogen-bond acceptors (Lipinski definition) is 1. The van der Waals surface area contributed by atoms with Crippen molar-refractivity contribution in [3.8, 4) is 0 Å². The second-order valence-corrected chi connectivity index (χ2v) is 7.74. The fraction of sp³-hybridized carbons (Fsp3) is 1.00. The Bertz CT molecular complexity index is 260. The lowest BCUT2D eigenvalue weighted by atomic mass is 9.73. The topological polar surface area (TPSA) is 12.0 Å². The molecule has 0 aromatic heterocycles. The molecule has 2 fully saturated rings. The Balaban J connectivity index is 1.90. The predicted molar refractivity (Wildman–Crippen MR) is 84.3 cm³/mol. The minimum Gasteiger partial charge on any atom is -0.311 e. The van der Waals surface area contributed by atoms with Crippen LogP contribution in [0.2, 0.25) is 0 Å². The number of nitrogens with one attached hydrogen (secondary N) is 1. The van der Waals surface area contributed by atoms with Crippen LogP contribution < -0.4 is 5.32 Å². The molecule has 2 aliphatic carbocycles. The summed E-state index contributed by atoms with van der Waals surface area (Å²) < 4.78 is 0. The van der Waals surface area contributed by atoms with E-state index in [4.69, 9.17) is 0 Å². The Morgan fingerprint density at radius 2 is 1.84 bits per heavy atom. The summed E-state index contributed by atoms with van der Waals surface area (Å²) in [6, 6.07) is 1.61. The third kappa shape index (κ3) is 4.21. The van der Waals surface area contributed by atoms with E-state index >= 15 is 0 Å². The molecule has 5 unspecified atom stereocenters. The minimum absolute atomic E-state index is 0.796. The normalized spacial score (nSPS) is 40.6. The van der Waals surface area contributed by atoms with E-state index in [0.717, 1.165) is 35.8 Å². The highest BCUT2D eigenvalue weighted by molar-refractivity contribution is 4.89. The number of hydrogen-bond donors (Lipinski definition) is 1. The van der Waals surface area contributed by atoms with Crippen molar-refractivity contribution in [1.29, 1.82) is 0 Å². The average Bonchev–Trinajstić information content (AvgIpc) is 2.38. The Hall–Kier alpha value is -0.0400. The maximum atomic E-state index is 4.08. The fourth-order valence-corrected chi connectivity index (χ4v) is 4.51. The second kappa shape index (κ2) is 7.11. The van der Waals surface area contributed by atoms with E-state index in [-0.39, 0.29) is 0 Å². The third-order valence-corrected chi connectivity index (χ3v) is 5.83. The van der Waals surface area contributed by atoms with Gasteiger partial charge in [-0.05, 0) is 49.4 Å². The summed E-state index contributed by atoms with van der Waals surface area (Å²) in [4.78, 5) is 0. The van der Waals surface area contributed by atoms with Gasteiger partial charge in [0.2, 0.25) is 0 Å². The number of rotatable bonds is 4. The summed E-state index contributed by atoms with van der Waals surface area (Å²) in [5, 5.41) is 4.08. The minimum atomic E-state index is 0.796. The van der Waals surface area contributed by atoms with Crippen LogP contribution in [0, 0.1) is 23.7 Å². The molecule has 1 heteroatoms. The Morgan fingerprint density at radius 3 is 2.53 bits per heavy atom. The standard InChI is InChI=1S/C18H35N/c1-5-15-7-6-8-16(12-15)19-18-11-14(4)9-10-17(18)13(2)3/h13-19H,5-12H2,1-4H3. The molecule has 2 rings (SSSR count). The Morgan fingerprint density at radius 1 is 1.05 bits per heavy atom. The first-order chi connectivity index (χ1) is 9.10. The molecule has 0 spiro atoms. The van der Waals surface area contributed by atoms with Crippen molar-refractivity contribution in [2.45, 2.75) is 91.1 Å². The van der Waals surface area contributed by atoms with Crippen molar-refractivity contribution in [1.82, 2.24) is 5.32 Å². The van der Waals surface area contributed by atoms with Crippen LogP contribution in [-0.4, -0.2) is 12.1 Å². The van der Waals surface area contributed by atoms with Crippen molar-refractivity contribution in [3.63, 3.8) is 0 Å². The summed E-state index contributed by atoms with van der Waals surface area (Å²) in [7, 11) is 0. The van der Waals surface area contributed by atoms with E-state index in [0.29, 0.717) is 0 Å². The van der Waals surface area contributed by atoms with Crippen LogP contribution in [0.1, 0.15) is 79.1 Å². The van der Waals surface area contributed by atoms with Crippen molar-refractivity contribution in [3.05, 3.63) is 0 Å². The van der Waals surface area contributed by atoms with E-state index in [9.17, 15) is 0 Å². The summed E-state index contributed by atoms with van der Waals surface area (Å²) in [5.41, 5.74) is 0. The lowest BCUT2D eigenvalue weighted by Crippen LogP contribution is -2.48. The van der Waals surface area contributed by atoms with E-state index in [1.54, 1.807) is 0 Å². The summed E-state index contributed by atoms with van der Waals surface area (Å²) in [5.74, 6) is 3.68. The van der Waals surface area contributed by atoms with E-state index in [1.165, 1.54) is 51.4 Å². The molecule has 1 N–H and O–H groups in total. The maximum absolute atomic E-state index is 4.08. The lowest BCUT2D eigenvalue weighted by Gasteiger charge is -2.41. The van der Waals surface area contributed by atoms with Crippen molar-refractivity contribution >= 4 is 0 Å². The Kier molecular flexibility index (Phi) is 5.74. The van der Waals surface area contributed by atoms with Crippen LogP contribution in [0.25, 0.3) is 0 Å². The first-order valence-electron chi connectivity index (χ1n) is 8.86. The molecule has 5 atom stereocenters. The van der Waals surface area contributed by atoms with Gasteiger partial charge in [0, 0.05) is 12.1 Å². The largest absolute Gasteiger partial charge is 0.311 e. The van der Waals surface area contributed by atoms with Crippen LogP contribution >= 0.6 is 0 Å². The van der Waals surface area contributed by atoms with E-state index in [1.807, 2.05) is 0 Å². The second-order valence-electron chi connectivity index (χ2n) is 7.74. The van der Waals surface area contributed by atoms with Gasteiger partial charge in [0.05, 0.1) is 0 Å². The fourth-order valence-electron chi connectivity index (χ4n) is 4.51. The molecule has 0 radical (unpaired) electrons. The van der Waals surface area contributed by atoms with Gasteiger partial charge in [-0.3, -0.25) is 0 Å². The van der Waals surface area contributed by atoms with Crippen molar-refractivity contribution in [2.75, 3.05) is 0 Å².